The van der Waals surface area contributed by atoms with Crippen molar-refractivity contribution >= 4 is 6.29 Å². The molecule has 0 bridgehead atoms. The maximum Gasteiger partial charge on any atom is 0.264 e. The highest BCUT2D eigenvalue weighted by atomic mass is 19.3. The molecule has 13 heavy (non-hydrogen) atoms. The smallest absolute Gasteiger partial charge is 0.264 e. The number of hydrogen-bond acceptors (Lipinski definition) is 3. The minimum Gasteiger partial charge on any atom is -0.325 e. The number of nitrogens with zero attached hydrogens (tertiary/aromatic N) is 1. The van der Waals surface area contributed by atoms with Crippen LogP contribution in [-0.4, -0.2) is 11.3 Å². The Morgan fingerprint density at radius 1 is 1.62 bits per heavy atom. The number of carbonyl (C=O) groups is 1. The van der Waals surface area contributed by atoms with Crippen LogP contribution in [0, 0.1) is 0 Å². The molecule has 0 unspecified atom stereocenters. The summed E-state index contributed by atoms with van der Waals surface area (Å²) in [6.07, 6.45) is -1.21. The molecule has 0 aliphatic carbocycles. The van der Waals surface area contributed by atoms with Crippen LogP contribution < -0.4 is 5.73 Å². The molecule has 0 saturated carbocycles. The van der Waals surface area contributed by atoms with Gasteiger partial charge in [-0.2, -0.15) is 0 Å². The third-order valence-electron chi connectivity index (χ3n) is 1.60. The largest absolute Gasteiger partial charge is 0.325 e. The van der Waals surface area contributed by atoms with Crippen molar-refractivity contribution in [3.8, 4) is 0 Å². The van der Waals surface area contributed by atoms with Crippen molar-refractivity contribution in [2.45, 2.75) is 13.0 Å². The van der Waals surface area contributed by atoms with Crippen LogP contribution in [0.4, 0.5) is 8.78 Å². The number of aldehydes is 1. The van der Waals surface area contributed by atoms with E-state index in [-0.39, 0.29) is 17.7 Å². The van der Waals surface area contributed by atoms with E-state index in [0.29, 0.717) is 12.0 Å². The molecule has 0 aromatic carbocycles. The fraction of sp³-hybridized carbons (Fsp3) is 0.250. The molecule has 0 radical (unpaired) electrons. The lowest BCUT2D eigenvalue weighted by Gasteiger charge is -2.04. The highest BCUT2D eigenvalue weighted by Gasteiger charge is 2.13. The SMILES string of the molecule is NCc1cc(C(F)F)c(C=O)cn1. The van der Waals surface area contributed by atoms with Gasteiger partial charge < -0.3 is 5.73 Å². The van der Waals surface area contributed by atoms with Gasteiger partial charge in [0.15, 0.2) is 6.29 Å². The molecule has 5 heteroatoms. The lowest BCUT2D eigenvalue weighted by atomic mass is 10.1. The number of alkyl halides is 2. The summed E-state index contributed by atoms with van der Waals surface area (Å²) < 4.78 is 24.6. The Bertz CT molecular complexity index is 315. The van der Waals surface area contributed by atoms with E-state index in [1.165, 1.54) is 0 Å². The Hall–Kier alpha value is -1.36. The first-order valence-corrected chi connectivity index (χ1v) is 3.61. The van der Waals surface area contributed by atoms with Gasteiger partial charge in [-0.15, -0.1) is 0 Å². The van der Waals surface area contributed by atoms with Gasteiger partial charge in [0.25, 0.3) is 6.43 Å². The van der Waals surface area contributed by atoms with Gasteiger partial charge in [0.05, 0.1) is 5.69 Å². The van der Waals surface area contributed by atoms with E-state index in [9.17, 15) is 13.6 Å². The molecule has 3 nitrogen and oxygen atoms in total. The molecule has 1 rings (SSSR count). The fourth-order valence-electron chi connectivity index (χ4n) is 0.926. The van der Waals surface area contributed by atoms with Crippen molar-refractivity contribution in [1.82, 2.24) is 4.98 Å². The van der Waals surface area contributed by atoms with Gasteiger partial charge in [-0.1, -0.05) is 0 Å². The van der Waals surface area contributed by atoms with E-state index >= 15 is 0 Å². The summed E-state index contributed by atoms with van der Waals surface area (Å²) in [5.74, 6) is 0. The normalized spacial score (nSPS) is 10.5. The third-order valence-corrected chi connectivity index (χ3v) is 1.60. The highest BCUT2D eigenvalue weighted by Crippen LogP contribution is 2.21. The molecule has 0 atom stereocenters. The standard InChI is InChI=1S/C8H8F2N2O/c9-8(10)7-1-6(2-11)12-3-5(7)4-13/h1,3-4,8H,2,11H2. The second-order valence-corrected chi connectivity index (χ2v) is 2.43. The zero-order valence-corrected chi connectivity index (χ0v) is 6.71. The molecule has 0 spiro atoms. The number of halogens is 2. The molecule has 2 N–H and O–H groups in total. The first-order chi connectivity index (χ1) is 6.19. The van der Waals surface area contributed by atoms with Crippen molar-refractivity contribution in [1.29, 1.82) is 0 Å². The van der Waals surface area contributed by atoms with Crippen LogP contribution in [0.3, 0.4) is 0 Å². The van der Waals surface area contributed by atoms with E-state index in [1.807, 2.05) is 0 Å². The minimum atomic E-state index is -2.67. The van der Waals surface area contributed by atoms with Gasteiger partial charge in [0.1, 0.15) is 0 Å². The maximum atomic E-state index is 12.3. The Morgan fingerprint density at radius 3 is 2.77 bits per heavy atom. The first kappa shape index (κ1) is 9.73. The van der Waals surface area contributed by atoms with Crippen LogP contribution in [0.1, 0.15) is 28.0 Å². The third kappa shape index (κ3) is 2.06. The molecule has 0 aliphatic rings. The van der Waals surface area contributed by atoms with Gasteiger partial charge in [0.2, 0.25) is 0 Å². The lowest BCUT2D eigenvalue weighted by molar-refractivity contribution is 0.110. The Morgan fingerprint density at radius 2 is 2.31 bits per heavy atom. The van der Waals surface area contributed by atoms with E-state index in [2.05, 4.69) is 4.98 Å². The molecule has 1 heterocycles. The number of rotatable bonds is 3. The zero-order valence-electron chi connectivity index (χ0n) is 6.71. The zero-order chi connectivity index (χ0) is 9.84. The summed E-state index contributed by atoms with van der Waals surface area (Å²) in [4.78, 5) is 14.0. The fourth-order valence-corrected chi connectivity index (χ4v) is 0.926. The molecule has 70 valence electrons. The maximum absolute atomic E-state index is 12.3. The molecule has 0 saturated heterocycles. The van der Waals surface area contributed by atoms with Gasteiger partial charge in [0, 0.05) is 23.9 Å². The van der Waals surface area contributed by atoms with Crippen molar-refractivity contribution in [3.05, 3.63) is 29.1 Å². The molecule has 0 aliphatic heterocycles. The van der Waals surface area contributed by atoms with Crippen molar-refractivity contribution in [3.63, 3.8) is 0 Å². The van der Waals surface area contributed by atoms with Crippen LogP contribution in [0.15, 0.2) is 12.3 Å². The average Bonchev–Trinajstić information content (AvgIpc) is 2.16. The van der Waals surface area contributed by atoms with Gasteiger partial charge >= 0.3 is 0 Å². The van der Waals surface area contributed by atoms with E-state index in [1.54, 1.807) is 0 Å². The summed E-state index contributed by atoms with van der Waals surface area (Å²) in [5.41, 5.74) is 5.16. The van der Waals surface area contributed by atoms with Crippen LogP contribution in [0.5, 0.6) is 0 Å². The molecule has 0 amide bonds. The van der Waals surface area contributed by atoms with E-state index in [0.717, 1.165) is 12.3 Å². The van der Waals surface area contributed by atoms with Crippen LogP contribution in [-0.2, 0) is 6.54 Å². The Labute approximate surface area is 73.6 Å². The van der Waals surface area contributed by atoms with Crippen molar-refractivity contribution in [2.24, 2.45) is 5.73 Å². The number of carbonyl (C=O) groups excluding carboxylic acids is 1. The van der Waals surface area contributed by atoms with Gasteiger partial charge in [-0.25, -0.2) is 8.78 Å². The Balaban J connectivity index is 3.17. The highest BCUT2D eigenvalue weighted by molar-refractivity contribution is 5.76. The molecular weight excluding hydrogens is 178 g/mol. The van der Waals surface area contributed by atoms with Crippen molar-refractivity contribution in [2.75, 3.05) is 0 Å². The van der Waals surface area contributed by atoms with Crippen LogP contribution >= 0.6 is 0 Å². The summed E-state index contributed by atoms with van der Waals surface area (Å²) in [6.45, 7) is 0.0822. The number of nitrogens with two attached hydrogens (primary N) is 1. The van der Waals surface area contributed by atoms with Gasteiger partial charge in [-0.3, -0.25) is 9.78 Å². The van der Waals surface area contributed by atoms with Crippen LogP contribution in [0.2, 0.25) is 0 Å². The number of pyridine rings is 1. The van der Waals surface area contributed by atoms with Gasteiger partial charge in [-0.05, 0) is 6.07 Å². The summed E-state index contributed by atoms with van der Waals surface area (Å²) in [5, 5.41) is 0. The topological polar surface area (TPSA) is 56.0 Å². The minimum absolute atomic E-state index is 0.0822. The Kier molecular flexibility index (Phi) is 3.02. The molecule has 1 aromatic heterocycles. The first-order valence-electron chi connectivity index (χ1n) is 3.61. The summed E-state index contributed by atoms with van der Waals surface area (Å²) in [7, 11) is 0. The monoisotopic (exact) mass is 186 g/mol. The average molecular weight is 186 g/mol. The summed E-state index contributed by atoms with van der Waals surface area (Å²) in [6, 6.07) is 1.15. The second-order valence-electron chi connectivity index (χ2n) is 2.43. The number of hydrogen-bond donors (Lipinski definition) is 1. The molecule has 0 fully saturated rings. The predicted octanol–water partition coefficient (Wildman–Crippen LogP) is 1.29. The van der Waals surface area contributed by atoms with E-state index < -0.39 is 6.43 Å². The van der Waals surface area contributed by atoms with Crippen LogP contribution in [0.25, 0.3) is 0 Å². The lowest BCUT2D eigenvalue weighted by Crippen LogP contribution is -2.03. The quantitative estimate of drug-likeness (QED) is 0.723. The summed E-state index contributed by atoms with van der Waals surface area (Å²) >= 11 is 0. The second kappa shape index (κ2) is 4.04. The van der Waals surface area contributed by atoms with E-state index in [4.69, 9.17) is 5.73 Å². The predicted molar refractivity (Wildman–Crippen MR) is 42.5 cm³/mol. The van der Waals surface area contributed by atoms with Crippen molar-refractivity contribution < 1.29 is 13.6 Å². The number of aromatic nitrogens is 1. The molecule has 1 aromatic rings. The molecular formula is C8H8F2N2O.